The third-order valence-corrected chi connectivity index (χ3v) is 4.73. The zero-order chi connectivity index (χ0) is 11.0. The smallest absolute Gasteiger partial charge is 0.323 e. The summed E-state index contributed by atoms with van der Waals surface area (Å²) in [6, 6.07) is 0.603. The van der Waals surface area contributed by atoms with Gasteiger partial charge in [0.2, 0.25) is 0 Å². The maximum absolute atomic E-state index is 5.35. The van der Waals surface area contributed by atoms with Gasteiger partial charge in [-0.2, -0.15) is 0 Å². The molecule has 0 radical (unpaired) electrons. The molecule has 3 nitrogen and oxygen atoms in total. The molecule has 0 fully saturated rings. The molecule has 4 heteroatoms. The predicted molar refractivity (Wildman–Crippen MR) is 63.0 cm³/mol. The molecule has 0 saturated heterocycles. The molecule has 0 rings (SSSR count). The van der Waals surface area contributed by atoms with Gasteiger partial charge in [-0.25, -0.2) is 0 Å². The van der Waals surface area contributed by atoms with E-state index in [9.17, 15) is 0 Å². The highest BCUT2D eigenvalue weighted by Gasteiger charge is 2.19. The molecule has 2 atom stereocenters. The summed E-state index contributed by atoms with van der Waals surface area (Å²) in [5.74, 6) is 0. The lowest BCUT2D eigenvalue weighted by molar-refractivity contribution is 0.263. The quantitative estimate of drug-likeness (QED) is 0.630. The zero-order valence-corrected chi connectivity index (χ0v) is 11.3. The Morgan fingerprint density at radius 3 is 2.14 bits per heavy atom. The Hall–Kier alpha value is 0.0969. The van der Waals surface area contributed by atoms with Crippen LogP contribution in [-0.2, 0) is 8.85 Å². The summed E-state index contributed by atoms with van der Waals surface area (Å²) in [6.07, 6.45) is 2.39. The Balaban J connectivity index is 3.65. The topological polar surface area (TPSA) is 30.5 Å². The molecular formula is C10H25NO2Si. The van der Waals surface area contributed by atoms with Crippen molar-refractivity contribution in [2.45, 2.75) is 45.2 Å². The molecule has 0 bridgehead atoms. The Labute approximate surface area is 90.0 Å². The predicted octanol–water partition coefficient (Wildman–Crippen LogP) is 1.67. The number of rotatable bonds is 8. The number of hydrogen-bond acceptors (Lipinski definition) is 3. The highest BCUT2D eigenvalue weighted by molar-refractivity contribution is 6.46. The van der Waals surface area contributed by atoms with Gasteiger partial charge < -0.3 is 14.2 Å². The van der Waals surface area contributed by atoms with E-state index < -0.39 is 9.28 Å². The highest BCUT2D eigenvalue weighted by atomic mass is 28.3. The van der Waals surface area contributed by atoms with Gasteiger partial charge in [0.05, 0.1) is 0 Å². The summed E-state index contributed by atoms with van der Waals surface area (Å²) in [7, 11) is 2.12. The van der Waals surface area contributed by atoms with Crippen LogP contribution in [0.1, 0.15) is 33.6 Å². The second-order valence-corrected chi connectivity index (χ2v) is 6.67. The molecule has 0 amide bonds. The third-order valence-electron chi connectivity index (χ3n) is 2.54. The minimum Gasteiger partial charge on any atom is -0.400 e. The van der Waals surface area contributed by atoms with Crippen molar-refractivity contribution in [2.24, 2.45) is 0 Å². The summed E-state index contributed by atoms with van der Waals surface area (Å²) in [4.78, 5) is 0. The summed E-state index contributed by atoms with van der Waals surface area (Å²) in [5, 5.41) is 3.41. The minimum absolute atomic E-state index is 0.589. The fourth-order valence-corrected chi connectivity index (χ4v) is 3.25. The zero-order valence-electron chi connectivity index (χ0n) is 10.2. The molecule has 0 spiro atoms. The average molecular weight is 219 g/mol. The van der Waals surface area contributed by atoms with E-state index in [0.717, 1.165) is 6.54 Å². The first-order valence-corrected chi connectivity index (χ1v) is 7.05. The van der Waals surface area contributed by atoms with Gasteiger partial charge in [0.25, 0.3) is 0 Å². The largest absolute Gasteiger partial charge is 0.400 e. The Kier molecular flexibility index (Phi) is 8.47. The monoisotopic (exact) mass is 219 g/mol. The molecule has 0 aromatic heterocycles. The molecule has 2 unspecified atom stereocenters. The SMILES string of the molecule is CCNC(C)CCC(C)[SiH](OC)OC. The van der Waals surface area contributed by atoms with E-state index in [1.165, 1.54) is 12.8 Å². The Morgan fingerprint density at radius 1 is 1.14 bits per heavy atom. The van der Waals surface area contributed by atoms with Gasteiger partial charge in [0.15, 0.2) is 0 Å². The fraction of sp³-hybridized carbons (Fsp3) is 1.00. The van der Waals surface area contributed by atoms with E-state index in [0.29, 0.717) is 11.6 Å². The van der Waals surface area contributed by atoms with Gasteiger partial charge >= 0.3 is 9.28 Å². The van der Waals surface area contributed by atoms with Crippen LogP contribution in [0.15, 0.2) is 0 Å². The van der Waals surface area contributed by atoms with Crippen LogP contribution in [0.2, 0.25) is 5.54 Å². The van der Waals surface area contributed by atoms with Crippen molar-refractivity contribution >= 4 is 9.28 Å². The lowest BCUT2D eigenvalue weighted by atomic mass is 10.1. The molecule has 0 saturated carbocycles. The van der Waals surface area contributed by atoms with E-state index in [2.05, 4.69) is 26.1 Å². The molecule has 0 aliphatic carbocycles. The second-order valence-electron chi connectivity index (χ2n) is 3.85. The van der Waals surface area contributed by atoms with Gasteiger partial charge in [-0.1, -0.05) is 13.8 Å². The van der Waals surface area contributed by atoms with E-state index in [1.807, 2.05) is 0 Å². The van der Waals surface area contributed by atoms with Crippen LogP contribution >= 0.6 is 0 Å². The van der Waals surface area contributed by atoms with E-state index in [4.69, 9.17) is 8.85 Å². The Morgan fingerprint density at radius 2 is 1.71 bits per heavy atom. The molecule has 0 aliphatic heterocycles. The van der Waals surface area contributed by atoms with Crippen molar-refractivity contribution < 1.29 is 8.85 Å². The van der Waals surface area contributed by atoms with Crippen LogP contribution in [0.25, 0.3) is 0 Å². The molecule has 0 aromatic rings. The van der Waals surface area contributed by atoms with Crippen molar-refractivity contribution in [1.82, 2.24) is 5.32 Å². The summed E-state index contributed by atoms with van der Waals surface area (Å²) < 4.78 is 10.7. The second kappa shape index (κ2) is 8.41. The summed E-state index contributed by atoms with van der Waals surface area (Å²) in [6.45, 7) is 7.64. The van der Waals surface area contributed by atoms with Crippen molar-refractivity contribution in [2.75, 3.05) is 20.8 Å². The van der Waals surface area contributed by atoms with E-state index >= 15 is 0 Å². The van der Waals surface area contributed by atoms with E-state index in [-0.39, 0.29) is 0 Å². The molecule has 0 aliphatic rings. The van der Waals surface area contributed by atoms with Gasteiger partial charge in [0, 0.05) is 20.3 Å². The molecular weight excluding hydrogens is 194 g/mol. The van der Waals surface area contributed by atoms with Gasteiger partial charge in [-0.3, -0.25) is 0 Å². The summed E-state index contributed by atoms with van der Waals surface area (Å²) >= 11 is 0. The average Bonchev–Trinajstić information content (AvgIpc) is 2.17. The van der Waals surface area contributed by atoms with Crippen LogP contribution in [0.4, 0.5) is 0 Å². The lowest BCUT2D eigenvalue weighted by Crippen LogP contribution is -2.29. The minimum atomic E-state index is -1.39. The summed E-state index contributed by atoms with van der Waals surface area (Å²) in [5.41, 5.74) is 0.589. The van der Waals surface area contributed by atoms with Crippen LogP contribution in [-0.4, -0.2) is 36.1 Å². The van der Waals surface area contributed by atoms with Crippen LogP contribution < -0.4 is 5.32 Å². The van der Waals surface area contributed by atoms with Crippen LogP contribution in [0, 0.1) is 0 Å². The normalized spacial score (nSPS) is 15.9. The molecule has 14 heavy (non-hydrogen) atoms. The third kappa shape index (κ3) is 5.75. The van der Waals surface area contributed by atoms with Gasteiger partial charge in [-0.05, 0) is 31.9 Å². The molecule has 0 aromatic carbocycles. The van der Waals surface area contributed by atoms with Gasteiger partial charge in [0.1, 0.15) is 0 Å². The van der Waals surface area contributed by atoms with E-state index in [1.54, 1.807) is 14.2 Å². The fourth-order valence-electron chi connectivity index (χ4n) is 1.66. The maximum Gasteiger partial charge on any atom is 0.323 e. The Bertz CT molecular complexity index is 131. The first kappa shape index (κ1) is 14.1. The van der Waals surface area contributed by atoms with Crippen molar-refractivity contribution in [1.29, 1.82) is 0 Å². The van der Waals surface area contributed by atoms with Crippen molar-refractivity contribution in [3.05, 3.63) is 0 Å². The first-order valence-electron chi connectivity index (χ1n) is 5.44. The number of hydrogen-bond donors (Lipinski definition) is 1. The van der Waals surface area contributed by atoms with Crippen LogP contribution in [0.3, 0.4) is 0 Å². The number of nitrogens with one attached hydrogen (secondary N) is 1. The highest BCUT2D eigenvalue weighted by Crippen LogP contribution is 2.18. The van der Waals surface area contributed by atoms with Crippen LogP contribution in [0.5, 0.6) is 0 Å². The lowest BCUT2D eigenvalue weighted by Gasteiger charge is -2.20. The van der Waals surface area contributed by atoms with Crippen molar-refractivity contribution in [3.63, 3.8) is 0 Å². The van der Waals surface area contributed by atoms with Crippen molar-refractivity contribution in [3.8, 4) is 0 Å². The van der Waals surface area contributed by atoms with Gasteiger partial charge in [-0.15, -0.1) is 0 Å². The first-order chi connectivity index (χ1) is 6.65. The molecule has 86 valence electrons. The standard InChI is InChI=1S/C10H25NO2Si/c1-6-11-9(2)7-8-10(3)14(12-4)13-5/h9-11,14H,6-8H2,1-5H3. The molecule has 0 heterocycles. The maximum atomic E-state index is 5.35. The molecule has 1 N–H and O–H groups in total.